The molecule has 0 radical (unpaired) electrons. The second-order valence-corrected chi connectivity index (χ2v) is 9.60. The van der Waals surface area contributed by atoms with Crippen LogP contribution in [0.25, 0.3) is 0 Å². The molecule has 4 fully saturated rings. The molecule has 5 heteroatoms. The van der Waals surface area contributed by atoms with Gasteiger partial charge in [-0.05, 0) is 79.4 Å². The summed E-state index contributed by atoms with van der Waals surface area (Å²) in [6.07, 6.45) is 6.72. The molecule has 0 spiro atoms. The number of methoxy groups -OCH3 is 1. The van der Waals surface area contributed by atoms with Crippen LogP contribution in [-0.2, 0) is 6.61 Å². The van der Waals surface area contributed by atoms with E-state index in [9.17, 15) is 4.79 Å². The van der Waals surface area contributed by atoms with Crippen LogP contribution in [0.3, 0.4) is 0 Å². The summed E-state index contributed by atoms with van der Waals surface area (Å²) >= 11 is 1.51. The number of hydrogen-bond donors (Lipinski definition) is 1. The number of hydrogen-bond acceptors (Lipinski definition) is 4. The third kappa shape index (κ3) is 3.41. The molecular formula is C23H27NO3S. The van der Waals surface area contributed by atoms with Gasteiger partial charge in [-0.1, -0.05) is 12.1 Å². The van der Waals surface area contributed by atoms with Crippen molar-refractivity contribution in [1.82, 2.24) is 5.32 Å². The number of rotatable bonds is 6. The largest absolute Gasteiger partial charge is 0.493 e. The van der Waals surface area contributed by atoms with Gasteiger partial charge in [0, 0.05) is 11.6 Å². The Kier molecular flexibility index (Phi) is 4.79. The zero-order valence-corrected chi connectivity index (χ0v) is 17.0. The monoisotopic (exact) mass is 397 g/mol. The molecule has 148 valence electrons. The first-order chi connectivity index (χ1) is 13.7. The fraction of sp³-hybridized carbons (Fsp3) is 0.522. The predicted octanol–water partition coefficient (Wildman–Crippen LogP) is 4.89. The first kappa shape index (κ1) is 18.0. The second kappa shape index (κ2) is 7.43. The van der Waals surface area contributed by atoms with Crippen LogP contribution in [0.2, 0.25) is 0 Å². The Morgan fingerprint density at radius 3 is 2.43 bits per heavy atom. The van der Waals surface area contributed by atoms with Crippen molar-refractivity contribution in [1.29, 1.82) is 0 Å². The fourth-order valence-electron chi connectivity index (χ4n) is 5.85. The molecule has 4 aliphatic rings. The van der Waals surface area contributed by atoms with Crippen LogP contribution in [0, 0.1) is 23.7 Å². The molecule has 0 saturated heterocycles. The lowest BCUT2D eigenvalue weighted by Gasteiger charge is -2.54. The average molecular weight is 398 g/mol. The Morgan fingerprint density at radius 1 is 1.07 bits per heavy atom. The normalized spacial score (nSPS) is 30.2. The van der Waals surface area contributed by atoms with Gasteiger partial charge in [0.15, 0.2) is 11.5 Å². The molecule has 0 aliphatic heterocycles. The molecule has 4 nitrogen and oxygen atoms in total. The highest BCUT2D eigenvalue weighted by molar-refractivity contribution is 7.12. The van der Waals surface area contributed by atoms with Gasteiger partial charge in [0.1, 0.15) is 6.61 Å². The molecule has 6 rings (SSSR count). The number of thiophene rings is 1. The highest BCUT2D eigenvalue weighted by atomic mass is 32.1. The van der Waals surface area contributed by atoms with Gasteiger partial charge in [-0.3, -0.25) is 4.79 Å². The van der Waals surface area contributed by atoms with Crippen molar-refractivity contribution in [2.24, 2.45) is 23.7 Å². The maximum absolute atomic E-state index is 12.9. The quantitative estimate of drug-likeness (QED) is 0.755. The molecule has 1 heterocycles. The molecule has 0 atom stereocenters. The lowest BCUT2D eigenvalue weighted by molar-refractivity contribution is -0.0119. The lowest BCUT2D eigenvalue weighted by atomic mass is 9.54. The van der Waals surface area contributed by atoms with Crippen LogP contribution in [0.15, 0.2) is 35.7 Å². The Labute approximate surface area is 170 Å². The number of nitrogens with one attached hydrogen (secondary N) is 1. The first-order valence-electron chi connectivity index (χ1n) is 10.3. The summed E-state index contributed by atoms with van der Waals surface area (Å²) in [5.41, 5.74) is 1.02. The van der Waals surface area contributed by atoms with Crippen LogP contribution >= 0.6 is 11.3 Å². The molecule has 1 amide bonds. The van der Waals surface area contributed by atoms with Crippen molar-refractivity contribution >= 4 is 17.2 Å². The molecule has 4 bridgehead atoms. The third-order valence-electron chi connectivity index (χ3n) is 6.87. The predicted molar refractivity (Wildman–Crippen MR) is 110 cm³/mol. The maximum Gasteiger partial charge on any atom is 0.261 e. The van der Waals surface area contributed by atoms with Crippen LogP contribution in [0.1, 0.15) is 47.3 Å². The highest BCUT2D eigenvalue weighted by Gasteiger charge is 2.48. The van der Waals surface area contributed by atoms with E-state index in [1.807, 2.05) is 35.7 Å². The zero-order valence-electron chi connectivity index (χ0n) is 16.2. The molecule has 4 aliphatic carbocycles. The number of carbonyl (C=O) groups is 1. The van der Waals surface area contributed by atoms with E-state index in [4.69, 9.17) is 9.47 Å². The van der Waals surface area contributed by atoms with Gasteiger partial charge in [0.05, 0.1) is 12.0 Å². The molecule has 2 aromatic rings. The van der Waals surface area contributed by atoms with E-state index in [1.54, 1.807) is 7.11 Å². The van der Waals surface area contributed by atoms with E-state index in [-0.39, 0.29) is 5.91 Å². The topological polar surface area (TPSA) is 47.6 Å². The Bertz CT molecular complexity index is 833. The molecule has 1 aromatic heterocycles. The minimum absolute atomic E-state index is 0.0889. The van der Waals surface area contributed by atoms with E-state index >= 15 is 0 Å². The van der Waals surface area contributed by atoms with Crippen molar-refractivity contribution < 1.29 is 14.3 Å². The second-order valence-electron chi connectivity index (χ2n) is 8.69. The van der Waals surface area contributed by atoms with Crippen LogP contribution in [0.5, 0.6) is 11.5 Å². The van der Waals surface area contributed by atoms with E-state index in [1.165, 1.54) is 43.4 Å². The van der Waals surface area contributed by atoms with Crippen LogP contribution in [-0.4, -0.2) is 19.1 Å². The number of amides is 1. The average Bonchev–Trinajstić information content (AvgIpc) is 3.18. The van der Waals surface area contributed by atoms with Crippen molar-refractivity contribution in [2.45, 2.75) is 44.8 Å². The van der Waals surface area contributed by atoms with E-state index < -0.39 is 0 Å². The highest BCUT2D eigenvalue weighted by Crippen LogP contribution is 2.53. The summed E-state index contributed by atoms with van der Waals surface area (Å²) in [6, 6.07) is 9.97. The van der Waals surface area contributed by atoms with Crippen molar-refractivity contribution in [3.8, 4) is 11.5 Å². The number of para-hydroxylation sites is 2. The van der Waals surface area contributed by atoms with Gasteiger partial charge in [0.25, 0.3) is 5.91 Å². The lowest BCUT2D eigenvalue weighted by Crippen LogP contribution is -2.55. The minimum Gasteiger partial charge on any atom is -0.493 e. The smallest absolute Gasteiger partial charge is 0.261 e. The summed E-state index contributed by atoms with van der Waals surface area (Å²) < 4.78 is 11.2. The Morgan fingerprint density at radius 2 is 1.75 bits per heavy atom. The number of ether oxygens (including phenoxy) is 2. The summed E-state index contributed by atoms with van der Waals surface area (Å²) in [6.45, 7) is 0.433. The molecular weight excluding hydrogens is 370 g/mol. The van der Waals surface area contributed by atoms with Crippen molar-refractivity contribution in [3.63, 3.8) is 0 Å². The SMILES string of the molecule is COc1ccccc1OCc1csc(C(=O)NC2C3CC4CC(C3)CC2C4)c1. The summed E-state index contributed by atoms with van der Waals surface area (Å²) in [5, 5.41) is 5.41. The molecule has 0 unspecified atom stereocenters. The standard InChI is InChI=1S/C23H27NO3S/c1-26-19-4-2-3-5-20(19)27-12-16-11-21(28-13-16)23(25)24-22-17-7-14-6-15(9-17)10-18(22)8-14/h2-5,11,13-15,17-18,22H,6-10,12H2,1H3,(H,24,25). The summed E-state index contributed by atoms with van der Waals surface area (Å²) in [5.74, 6) is 4.79. The third-order valence-corrected chi connectivity index (χ3v) is 7.84. The Balaban J connectivity index is 1.21. The molecule has 28 heavy (non-hydrogen) atoms. The first-order valence-corrected chi connectivity index (χ1v) is 11.2. The molecule has 1 aromatic carbocycles. The molecule has 4 saturated carbocycles. The fourth-order valence-corrected chi connectivity index (χ4v) is 6.65. The van der Waals surface area contributed by atoms with Crippen molar-refractivity contribution in [3.05, 3.63) is 46.2 Å². The molecule has 1 N–H and O–H groups in total. The summed E-state index contributed by atoms with van der Waals surface area (Å²) in [7, 11) is 1.64. The number of benzene rings is 1. The van der Waals surface area contributed by atoms with E-state index in [0.717, 1.165) is 33.8 Å². The van der Waals surface area contributed by atoms with Crippen molar-refractivity contribution in [2.75, 3.05) is 7.11 Å². The van der Waals surface area contributed by atoms with E-state index in [0.29, 0.717) is 24.5 Å². The minimum atomic E-state index is 0.0889. The summed E-state index contributed by atoms with van der Waals surface area (Å²) in [4.78, 5) is 13.6. The maximum atomic E-state index is 12.9. The van der Waals surface area contributed by atoms with Gasteiger partial charge in [-0.15, -0.1) is 11.3 Å². The van der Waals surface area contributed by atoms with E-state index in [2.05, 4.69) is 5.32 Å². The Hall–Kier alpha value is -2.01. The van der Waals surface area contributed by atoms with Gasteiger partial charge in [-0.25, -0.2) is 0 Å². The van der Waals surface area contributed by atoms with Crippen LogP contribution in [0.4, 0.5) is 0 Å². The number of carbonyl (C=O) groups excluding carboxylic acids is 1. The van der Waals surface area contributed by atoms with Gasteiger partial charge >= 0.3 is 0 Å². The zero-order chi connectivity index (χ0) is 19.1. The van der Waals surface area contributed by atoms with Gasteiger partial charge < -0.3 is 14.8 Å². The van der Waals surface area contributed by atoms with Gasteiger partial charge in [0.2, 0.25) is 0 Å². The van der Waals surface area contributed by atoms with Crippen LogP contribution < -0.4 is 14.8 Å². The van der Waals surface area contributed by atoms with Gasteiger partial charge in [-0.2, -0.15) is 0 Å².